The van der Waals surface area contributed by atoms with Gasteiger partial charge in [0.2, 0.25) is 5.91 Å². The molecule has 24 heavy (non-hydrogen) atoms. The van der Waals surface area contributed by atoms with Gasteiger partial charge in [-0.2, -0.15) is 13.2 Å². The number of aryl methyl sites for hydroxylation is 2. The molecule has 0 saturated heterocycles. The Bertz CT molecular complexity index is 760. The first kappa shape index (κ1) is 18.1. The molecule has 128 valence electrons. The van der Waals surface area contributed by atoms with Crippen LogP contribution in [-0.4, -0.2) is 12.5 Å². The van der Waals surface area contributed by atoms with Crippen LogP contribution in [0.2, 0.25) is 5.02 Å². The summed E-state index contributed by atoms with van der Waals surface area (Å²) in [6, 6.07) is 8.97. The fourth-order valence-corrected chi connectivity index (χ4v) is 2.44. The van der Waals surface area contributed by atoms with Gasteiger partial charge in [0.25, 0.3) is 0 Å². The molecule has 1 amide bonds. The van der Waals surface area contributed by atoms with Gasteiger partial charge >= 0.3 is 6.18 Å². The zero-order valence-corrected chi connectivity index (χ0v) is 13.8. The number of anilines is 2. The van der Waals surface area contributed by atoms with E-state index in [1.54, 1.807) is 0 Å². The number of benzene rings is 2. The minimum Gasteiger partial charge on any atom is -0.376 e. The molecule has 0 aliphatic heterocycles. The molecular formula is C17H16ClF3N2O. The lowest BCUT2D eigenvalue weighted by Crippen LogP contribution is -2.22. The Morgan fingerprint density at radius 2 is 1.83 bits per heavy atom. The largest absolute Gasteiger partial charge is 0.417 e. The Balaban J connectivity index is 2.02. The van der Waals surface area contributed by atoms with Gasteiger partial charge in [-0.05, 0) is 43.7 Å². The van der Waals surface area contributed by atoms with Crippen LogP contribution < -0.4 is 10.6 Å². The van der Waals surface area contributed by atoms with E-state index in [1.165, 1.54) is 6.07 Å². The second-order valence-corrected chi connectivity index (χ2v) is 5.82. The van der Waals surface area contributed by atoms with E-state index in [0.717, 1.165) is 28.9 Å². The second kappa shape index (κ2) is 7.13. The van der Waals surface area contributed by atoms with Crippen molar-refractivity contribution in [1.29, 1.82) is 0 Å². The van der Waals surface area contributed by atoms with E-state index in [9.17, 15) is 18.0 Å². The van der Waals surface area contributed by atoms with Gasteiger partial charge in [0.15, 0.2) is 0 Å². The molecule has 2 aromatic rings. The van der Waals surface area contributed by atoms with Crippen LogP contribution in [0.3, 0.4) is 0 Å². The smallest absolute Gasteiger partial charge is 0.376 e. The molecule has 0 fully saturated rings. The molecule has 0 aromatic heterocycles. The van der Waals surface area contributed by atoms with Crippen molar-refractivity contribution < 1.29 is 18.0 Å². The van der Waals surface area contributed by atoms with Crippen LogP contribution in [0.4, 0.5) is 24.5 Å². The second-order valence-electron chi connectivity index (χ2n) is 5.41. The summed E-state index contributed by atoms with van der Waals surface area (Å²) in [6.07, 6.45) is -4.57. The summed E-state index contributed by atoms with van der Waals surface area (Å²) in [4.78, 5) is 11.9. The number of carbonyl (C=O) groups excluding carboxylic acids is 1. The molecule has 0 bridgehead atoms. The molecule has 0 atom stereocenters. The Labute approximate surface area is 142 Å². The minimum absolute atomic E-state index is 0.0409. The van der Waals surface area contributed by atoms with Gasteiger partial charge < -0.3 is 10.6 Å². The normalized spacial score (nSPS) is 11.2. The van der Waals surface area contributed by atoms with Crippen molar-refractivity contribution in [3.8, 4) is 0 Å². The summed E-state index contributed by atoms with van der Waals surface area (Å²) < 4.78 is 38.4. The van der Waals surface area contributed by atoms with Crippen LogP contribution in [0, 0.1) is 13.8 Å². The average molecular weight is 357 g/mol. The third-order valence-corrected chi connectivity index (χ3v) is 3.71. The van der Waals surface area contributed by atoms with Gasteiger partial charge in [0.05, 0.1) is 17.1 Å². The lowest BCUT2D eigenvalue weighted by molar-refractivity contribution is -0.137. The third kappa shape index (κ3) is 4.64. The molecule has 2 rings (SSSR count). The van der Waals surface area contributed by atoms with E-state index in [4.69, 9.17) is 11.6 Å². The molecule has 0 radical (unpaired) electrons. The van der Waals surface area contributed by atoms with Crippen LogP contribution >= 0.6 is 11.6 Å². The molecule has 0 aliphatic rings. The van der Waals surface area contributed by atoms with Crippen LogP contribution in [0.15, 0.2) is 36.4 Å². The van der Waals surface area contributed by atoms with Gasteiger partial charge in [-0.1, -0.05) is 29.3 Å². The van der Waals surface area contributed by atoms with Gasteiger partial charge in [0.1, 0.15) is 0 Å². The zero-order chi connectivity index (χ0) is 17.9. The van der Waals surface area contributed by atoms with E-state index >= 15 is 0 Å². The molecule has 3 nitrogen and oxygen atoms in total. The Morgan fingerprint density at radius 3 is 2.46 bits per heavy atom. The quantitative estimate of drug-likeness (QED) is 0.807. The van der Waals surface area contributed by atoms with Gasteiger partial charge in [-0.25, -0.2) is 0 Å². The highest BCUT2D eigenvalue weighted by Crippen LogP contribution is 2.36. The topological polar surface area (TPSA) is 41.1 Å². The van der Waals surface area contributed by atoms with Crippen molar-refractivity contribution in [1.82, 2.24) is 0 Å². The predicted octanol–water partition coefficient (Wildman–Crippen LogP) is 5.03. The Morgan fingerprint density at radius 1 is 1.12 bits per heavy atom. The zero-order valence-electron chi connectivity index (χ0n) is 13.1. The highest BCUT2D eigenvalue weighted by atomic mass is 35.5. The van der Waals surface area contributed by atoms with Crippen LogP contribution in [0.5, 0.6) is 0 Å². The number of hydrogen-bond donors (Lipinski definition) is 2. The van der Waals surface area contributed by atoms with Gasteiger partial charge in [-0.3, -0.25) is 4.79 Å². The molecule has 7 heteroatoms. The van der Waals surface area contributed by atoms with E-state index in [0.29, 0.717) is 0 Å². The van der Waals surface area contributed by atoms with Crippen molar-refractivity contribution >= 4 is 28.9 Å². The fraction of sp³-hybridized carbons (Fsp3) is 0.235. The van der Waals surface area contributed by atoms with Crippen LogP contribution in [0.1, 0.15) is 16.7 Å². The first-order valence-electron chi connectivity index (χ1n) is 7.14. The summed E-state index contributed by atoms with van der Waals surface area (Å²) in [6.45, 7) is 3.80. The van der Waals surface area contributed by atoms with E-state index in [2.05, 4.69) is 10.6 Å². The summed E-state index contributed by atoms with van der Waals surface area (Å²) in [5.74, 6) is -0.453. The van der Waals surface area contributed by atoms with Crippen molar-refractivity contribution in [2.45, 2.75) is 20.0 Å². The highest BCUT2D eigenvalue weighted by molar-refractivity contribution is 6.31. The maximum absolute atomic E-state index is 12.8. The fourth-order valence-electron chi connectivity index (χ4n) is 2.21. The number of amides is 1. The molecule has 0 aliphatic carbocycles. The van der Waals surface area contributed by atoms with Gasteiger partial charge in [0, 0.05) is 11.4 Å². The van der Waals surface area contributed by atoms with Crippen molar-refractivity contribution in [2.75, 3.05) is 17.2 Å². The molecule has 0 spiro atoms. The predicted molar refractivity (Wildman–Crippen MR) is 89.5 cm³/mol. The van der Waals surface area contributed by atoms with Crippen molar-refractivity contribution in [2.24, 2.45) is 0 Å². The molecule has 0 saturated carbocycles. The van der Waals surface area contributed by atoms with Crippen LogP contribution in [-0.2, 0) is 11.0 Å². The average Bonchev–Trinajstić information content (AvgIpc) is 2.47. The number of rotatable bonds is 4. The Kier molecular flexibility index (Phi) is 5.39. The lowest BCUT2D eigenvalue weighted by Gasteiger charge is -2.13. The molecular weight excluding hydrogens is 341 g/mol. The molecule has 2 aromatic carbocycles. The van der Waals surface area contributed by atoms with Crippen molar-refractivity contribution in [3.05, 3.63) is 58.1 Å². The third-order valence-electron chi connectivity index (χ3n) is 3.38. The maximum atomic E-state index is 12.8. The molecule has 0 heterocycles. The number of nitrogens with one attached hydrogen (secondary N) is 2. The van der Waals surface area contributed by atoms with E-state index in [1.807, 2.05) is 32.0 Å². The number of hydrogen-bond acceptors (Lipinski definition) is 2. The molecule has 2 N–H and O–H groups in total. The van der Waals surface area contributed by atoms with Gasteiger partial charge in [-0.15, -0.1) is 0 Å². The standard InChI is InChI=1S/C17H16ClF3N2O/c1-10-3-6-15(11(2)7-10)22-9-16(24)23-12-4-5-14(18)13(8-12)17(19,20)21/h3-8,22H,9H2,1-2H3,(H,23,24). The van der Waals surface area contributed by atoms with E-state index < -0.39 is 22.7 Å². The van der Waals surface area contributed by atoms with Crippen molar-refractivity contribution in [3.63, 3.8) is 0 Å². The SMILES string of the molecule is Cc1ccc(NCC(=O)Nc2ccc(Cl)c(C(F)(F)F)c2)c(C)c1. The monoisotopic (exact) mass is 356 g/mol. The van der Waals surface area contributed by atoms with E-state index in [-0.39, 0.29) is 12.2 Å². The lowest BCUT2D eigenvalue weighted by atomic mass is 10.1. The summed E-state index contributed by atoms with van der Waals surface area (Å²) in [5, 5.41) is 4.97. The first-order chi connectivity index (χ1) is 11.2. The number of alkyl halides is 3. The Hall–Kier alpha value is -2.21. The number of halogens is 4. The summed E-state index contributed by atoms with van der Waals surface area (Å²) >= 11 is 5.54. The molecule has 0 unspecified atom stereocenters. The maximum Gasteiger partial charge on any atom is 0.417 e. The van der Waals surface area contributed by atoms with Crippen LogP contribution in [0.25, 0.3) is 0 Å². The first-order valence-corrected chi connectivity index (χ1v) is 7.52. The highest BCUT2D eigenvalue weighted by Gasteiger charge is 2.33. The number of carbonyl (C=O) groups is 1. The summed E-state index contributed by atoms with van der Waals surface area (Å²) in [5.41, 5.74) is 1.93. The summed E-state index contributed by atoms with van der Waals surface area (Å²) in [7, 11) is 0. The minimum atomic E-state index is -4.57.